The first-order valence-electron chi connectivity index (χ1n) is 7.46. The van der Waals surface area contributed by atoms with Crippen LogP contribution in [0.5, 0.6) is 0 Å². The SMILES string of the molecule is CCc1cccc(CC)c1NC(=O)CC1COCCN1. The molecule has 4 nitrogen and oxygen atoms in total. The summed E-state index contributed by atoms with van der Waals surface area (Å²) in [6, 6.07) is 6.35. The number of morpholine rings is 1. The molecule has 1 atom stereocenters. The van der Waals surface area contributed by atoms with Crippen molar-refractivity contribution in [1.82, 2.24) is 5.32 Å². The largest absolute Gasteiger partial charge is 0.378 e. The Morgan fingerprint density at radius 2 is 2.05 bits per heavy atom. The lowest BCUT2D eigenvalue weighted by Gasteiger charge is -2.23. The maximum atomic E-state index is 12.2. The first kappa shape index (κ1) is 15.0. The van der Waals surface area contributed by atoms with Crippen molar-refractivity contribution in [3.05, 3.63) is 29.3 Å². The molecular formula is C16H24N2O2. The van der Waals surface area contributed by atoms with Gasteiger partial charge in [-0.2, -0.15) is 0 Å². The third-order valence-corrected chi connectivity index (χ3v) is 3.69. The smallest absolute Gasteiger partial charge is 0.226 e. The van der Waals surface area contributed by atoms with Crippen LogP contribution < -0.4 is 10.6 Å². The van der Waals surface area contributed by atoms with Gasteiger partial charge in [-0.3, -0.25) is 4.79 Å². The second-order valence-electron chi connectivity index (χ2n) is 5.14. The number of carbonyl (C=O) groups excluding carboxylic acids is 1. The van der Waals surface area contributed by atoms with E-state index >= 15 is 0 Å². The number of rotatable bonds is 5. The number of aryl methyl sites for hydroxylation is 2. The predicted octanol–water partition coefficient (Wildman–Crippen LogP) is 2.13. The molecule has 0 aromatic heterocycles. The van der Waals surface area contributed by atoms with Crippen LogP contribution in [0.4, 0.5) is 5.69 Å². The monoisotopic (exact) mass is 276 g/mol. The molecule has 0 saturated carbocycles. The van der Waals surface area contributed by atoms with E-state index in [1.165, 1.54) is 11.1 Å². The van der Waals surface area contributed by atoms with E-state index in [1.807, 2.05) is 0 Å². The van der Waals surface area contributed by atoms with Crippen LogP contribution in [0.3, 0.4) is 0 Å². The molecule has 0 spiro atoms. The van der Waals surface area contributed by atoms with Crippen LogP contribution in [0.25, 0.3) is 0 Å². The van der Waals surface area contributed by atoms with E-state index in [4.69, 9.17) is 4.74 Å². The lowest BCUT2D eigenvalue weighted by molar-refractivity contribution is -0.117. The maximum Gasteiger partial charge on any atom is 0.226 e. The molecule has 1 unspecified atom stereocenters. The van der Waals surface area contributed by atoms with E-state index < -0.39 is 0 Å². The normalized spacial score (nSPS) is 18.8. The van der Waals surface area contributed by atoms with Crippen molar-refractivity contribution >= 4 is 11.6 Å². The van der Waals surface area contributed by atoms with Gasteiger partial charge in [-0.25, -0.2) is 0 Å². The van der Waals surface area contributed by atoms with Crippen LogP contribution in [0.15, 0.2) is 18.2 Å². The van der Waals surface area contributed by atoms with Crippen molar-refractivity contribution in [1.29, 1.82) is 0 Å². The Bertz CT molecular complexity index is 432. The molecule has 1 amide bonds. The molecule has 1 heterocycles. The quantitative estimate of drug-likeness (QED) is 0.866. The molecule has 4 heteroatoms. The molecular weight excluding hydrogens is 252 g/mol. The zero-order valence-corrected chi connectivity index (χ0v) is 12.4. The highest BCUT2D eigenvalue weighted by molar-refractivity contribution is 5.92. The molecule has 20 heavy (non-hydrogen) atoms. The van der Waals surface area contributed by atoms with Crippen molar-refractivity contribution in [3.63, 3.8) is 0 Å². The molecule has 1 aliphatic rings. The number of amides is 1. The van der Waals surface area contributed by atoms with E-state index in [9.17, 15) is 4.79 Å². The minimum absolute atomic E-state index is 0.0589. The van der Waals surface area contributed by atoms with Crippen LogP contribution in [0, 0.1) is 0 Å². The van der Waals surface area contributed by atoms with Gasteiger partial charge < -0.3 is 15.4 Å². The molecule has 1 aromatic carbocycles. The Labute approximate surface area is 120 Å². The van der Waals surface area contributed by atoms with Crippen LogP contribution in [-0.4, -0.2) is 31.7 Å². The molecule has 0 aliphatic carbocycles. The molecule has 110 valence electrons. The summed E-state index contributed by atoms with van der Waals surface area (Å²) >= 11 is 0. The van der Waals surface area contributed by atoms with Gasteiger partial charge in [-0.05, 0) is 24.0 Å². The summed E-state index contributed by atoms with van der Waals surface area (Å²) < 4.78 is 5.38. The minimum atomic E-state index is 0.0589. The molecule has 2 rings (SSSR count). The molecule has 0 radical (unpaired) electrons. The number of hydrogen-bond donors (Lipinski definition) is 2. The Hall–Kier alpha value is -1.39. The number of ether oxygens (including phenoxy) is 1. The zero-order chi connectivity index (χ0) is 14.4. The average Bonchev–Trinajstić information content (AvgIpc) is 2.48. The zero-order valence-electron chi connectivity index (χ0n) is 12.4. The Kier molecular flexibility index (Phi) is 5.56. The summed E-state index contributed by atoms with van der Waals surface area (Å²) in [5.74, 6) is 0.0589. The fraction of sp³-hybridized carbons (Fsp3) is 0.562. The Morgan fingerprint density at radius 1 is 1.35 bits per heavy atom. The van der Waals surface area contributed by atoms with E-state index in [-0.39, 0.29) is 11.9 Å². The highest BCUT2D eigenvalue weighted by Crippen LogP contribution is 2.22. The molecule has 1 aliphatic heterocycles. The summed E-state index contributed by atoms with van der Waals surface area (Å²) in [7, 11) is 0. The lowest BCUT2D eigenvalue weighted by atomic mass is 10.0. The predicted molar refractivity (Wildman–Crippen MR) is 81.1 cm³/mol. The van der Waals surface area contributed by atoms with Gasteiger partial charge in [0.05, 0.1) is 13.2 Å². The lowest BCUT2D eigenvalue weighted by Crippen LogP contribution is -2.43. The van der Waals surface area contributed by atoms with Gasteiger partial charge in [0.25, 0.3) is 0 Å². The second kappa shape index (κ2) is 7.41. The summed E-state index contributed by atoms with van der Waals surface area (Å²) in [6.45, 7) is 6.39. The number of anilines is 1. The topological polar surface area (TPSA) is 50.4 Å². The third-order valence-electron chi connectivity index (χ3n) is 3.69. The van der Waals surface area contributed by atoms with Gasteiger partial charge in [-0.1, -0.05) is 32.0 Å². The van der Waals surface area contributed by atoms with E-state index in [2.05, 4.69) is 42.7 Å². The van der Waals surface area contributed by atoms with Gasteiger partial charge in [0.1, 0.15) is 0 Å². The fourth-order valence-electron chi connectivity index (χ4n) is 2.57. The van der Waals surface area contributed by atoms with Gasteiger partial charge >= 0.3 is 0 Å². The third kappa shape index (κ3) is 3.81. The molecule has 1 aromatic rings. The Morgan fingerprint density at radius 3 is 2.60 bits per heavy atom. The van der Waals surface area contributed by atoms with Gasteiger partial charge in [0.2, 0.25) is 5.91 Å². The van der Waals surface area contributed by atoms with Crippen molar-refractivity contribution in [3.8, 4) is 0 Å². The summed E-state index contributed by atoms with van der Waals surface area (Å²) in [6.07, 6.45) is 2.31. The standard InChI is InChI=1S/C16H24N2O2/c1-3-12-6-5-7-13(4-2)16(12)18-15(19)10-14-11-20-9-8-17-14/h5-7,14,17H,3-4,8-11H2,1-2H3,(H,18,19). The van der Waals surface area contributed by atoms with Crippen LogP contribution in [0.2, 0.25) is 0 Å². The number of carbonyl (C=O) groups is 1. The number of benzene rings is 1. The highest BCUT2D eigenvalue weighted by Gasteiger charge is 2.18. The number of para-hydroxylation sites is 1. The van der Waals surface area contributed by atoms with Crippen molar-refractivity contribution in [2.24, 2.45) is 0 Å². The average molecular weight is 276 g/mol. The van der Waals surface area contributed by atoms with Crippen LogP contribution >= 0.6 is 0 Å². The van der Waals surface area contributed by atoms with Gasteiger partial charge in [0, 0.05) is 24.7 Å². The molecule has 1 saturated heterocycles. The van der Waals surface area contributed by atoms with Crippen LogP contribution in [-0.2, 0) is 22.4 Å². The van der Waals surface area contributed by atoms with Crippen molar-refractivity contribution in [2.75, 3.05) is 25.1 Å². The van der Waals surface area contributed by atoms with Gasteiger partial charge in [0.15, 0.2) is 0 Å². The maximum absolute atomic E-state index is 12.2. The van der Waals surface area contributed by atoms with Crippen molar-refractivity contribution < 1.29 is 9.53 Å². The summed E-state index contributed by atoms with van der Waals surface area (Å²) in [4.78, 5) is 12.2. The highest BCUT2D eigenvalue weighted by atomic mass is 16.5. The summed E-state index contributed by atoms with van der Waals surface area (Å²) in [5.41, 5.74) is 3.40. The van der Waals surface area contributed by atoms with E-state index in [0.29, 0.717) is 13.0 Å². The van der Waals surface area contributed by atoms with Crippen LogP contribution in [0.1, 0.15) is 31.4 Å². The van der Waals surface area contributed by atoms with Crippen molar-refractivity contribution in [2.45, 2.75) is 39.2 Å². The minimum Gasteiger partial charge on any atom is -0.378 e. The van der Waals surface area contributed by atoms with E-state index in [1.54, 1.807) is 0 Å². The first-order valence-corrected chi connectivity index (χ1v) is 7.46. The number of nitrogens with one attached hydrogen (secondary N) is 2. The van der Waals surface area contributed by atoms with E-state index in [0.717, 1.165) is 31.7 Å². The molecule has 2 N–H and O–H groups in total. The number of hydrogen-bond acceptors (Lipinski definition) is 3. The Balaban J connectivity index is 2.02. The summed E-state index contributed by atoms with van der Waals surface area (Å²) in [5, 5.41) is 6.40. The molecule has 0 bridgehead atoms. The fourth-order valence-corrected chi connectivity index (χ4v) is 2.57. The van der Waals surface area contributed by atoms with Gasteiger partial charge in [-0.15, -0.1) is 0 Å². The first-order chi connectivity index (χ1) is 9.74. The second-order valence-corrected chi connectivity index (χ2v) is 5.14. The molecule has 1 fully saturated rings.